The van der Waals surface area contributed by atoms with Gasteiger partial charge in [-0.05, 0) is 6.85 Å². The lowest BCUT2D eigenvalue weighted by molar-refractivity contribution is -0.689. The number of nitrogens with zero attached hydrogens (tertiary/aromatic N) is 3. The largest absolute Gasteiger partial charge is 1.00 e. The van der Waals surface area contributed by atoms with Gasteiger partial charge in [-0.2, -0.15) is 4.57 Å². The molecule has 2 heterocycles. The van der Waals surface area contributed by atoms with Crippen molar-refractivity contribution in [3.8, 4) is 0 Å². The lowest BCUT2D eigenvalue weighted by atomic mass is 10.2. The number of rotatable bonds is 4. The van der Waals surface area contributed by atoms with Crippen LogP contribution in [0.5, 0.6) is 0 Å². The molecule has 5 nitrogen and oxygen atoms in total. The molecule has 0 radical (unpaired) electrons. The Labute approximate surface area is 148 Å². The Hall–Kier alpha value is -0.950. The van der Waals surface area contributed by atoms with Crippen LogP contribution in [0.15, 0.2) is 11.7 Å². The van der Waals surface area contributed by atoms with Gasteiger partial charge < -0.3 is 23.2 Å². The third-order valence-electron chi connectivity index (χ3n) is 2.12. The second-order valence-electron chi connectivity index (χ2n) is 3.32. The number of aryl methyl sites for hydroxylation is 2. The predicted molar refractivity (Wildman–Crippen MR) is 77.6 cm³/mol. The average Bonchev–Trinajstić information content (AvgIpc) is 2.86. The summed E-state index contributed by atoms with van der Waals surface area (Å²) in [4.78, 5) is 7.17. The van der Waals surface area contributed by atoms with E-state index in [4.69, 9.17) is 19.4 Å². The minimum absolute atomic E-state index is 0. The Morgan fingerprint density at radius 2 is 2.40 bits per heavy atom. The van der Waals surface area contributed by atoms with E-state index < -0.39 is 56.7 Å². The Balaban J connectivity index is 0.00000420. The third-order valence-corrected chi connectivity index (χ3v) is 3.08. The van der Waals surface area contributed by atoms with E-state index in [1.54, 1.807) is 0 Å². The number of hydrogen-bond acceptors (Lipinski definition) is 5. The summed E-state index contributed by atoms with van der Waals surface area (Å²) in [5, 5.41) is 9.40. The second kappa shape index (κ2) is 8.36. The molecule has 1 unspecified atom stereocenters. The molecule has 0 aliphatic rings. The van der Waals surface area contributed by atoms with Crippen LogP contribution < -0.4 is 22.7 Å². The van der Waals surface area contributed by atoms with E-state index in [-0.39, 0.29) is 35.3 Å². The molecule has 3 N–H and O–H groups in total. The van der Waals surface area contributed by atoms with Gasteiger partial charge in [0, 0.05) is 34.2 Å². The molecule has 0 aromatic carbocycles. The summed E-state index contributed by atoms with van der Waals surface area (Å²) >= 11 is 0.822. The van der Waals surface area contributed by atoms with Gasteiger partial charge >= 0.3 is 0 Å². The highest BCUT2D eigenvalue weighted by atomic mass is 35.5. The van der Waals surface area contributed by atoms with Crippen molar-refractivity contribution in [2.45, 2.75) is 26.6 Å². The molecule has 0 aliphatic carbocycles. The van der Waals surface area contributed by atoms with Gasteiger partial charge in [-0.3, -0.25) is 0 Å². The van der Waals surface area contributed by atoms with Crippen LogP contribution in [0, 0.1) is 13.7 Å². The summed E-state index contributed by atoms with van der Waals surface area (Å²) in [5.74, 6) is -1.10. The lowest BCUT2D eigenvalue weighted by Gasteiger charge is -2.01. The Morgan fingerprint density at radius 1 is 1.60 bits per heavy atom. The fourth-order valence-electron chi connectivity index (χ4n) is 1.27. The van der Waals surface area contributed by atoms with Crippen molar-refractivity contribution in [2.24, 2.45) is 0 Å². The highest BCUT2D eigenvalue weighted by molar-refractivity contribution is 7.09. The standard InChI is InChI=1S/C12H17N4OS.2ClH/c1-8-11(3-4-17)18-7-16(8)6-10-5-14-9(2)15-12(10)13;;/h5,7,17H,3-4,6H2,1-2H3,(H2,13,14,15);2*1H/q+1;;/p-1/i1D3,2D3,4D2,5D,6D;;. The molecule has 2 rings (SSSR count). The maximum Gasteiger partial charge on any atom is 0.225 e. The van der Waals surface area contributed by atoms with Crippen molar-refractivity contribution < 1.29 is 35.8 Å². The van der Waals surface area contributed by atoms with E-state index in [1.165, 1.54) is 5.51 Å². The van der Waals surface area contributed by atoms with Crippen molar-refractivity contribution >= 4 is 29.6 Å². The minimum atomic E-state index is -2.75. The van der Waals surface area contributed by atoms with E-state index in [9.17, 15) is 5.11 Å². The highest BCUT2D eigenvalue weighted by Crippen LogP contribution is 2.13. The fraction of sp³-hybridized carbons (Fsp3) is 0.417. The summed E-state index contributed by atoms with van der Waals surface area (Å²) in [5.41, 5.74) is 6.28. The molecule has 0 amide bonds. The van der Waals surface area contributed by atoms with Crippen LogP contribution >= 0.6 is 23.7 Å². The molecule has 8 heteroatoms. The molecular formula is C12H18Cl2N4OS. The zero-order chi connectivity index (χ0) is 21.7. The Morgan fingerprint density at radius 3 is 3.00 bits per heavy atom. The van der Waals surface area contributed by atoms with Gasteiger partial charge in [0.15, 0.2) is 12.2 Å². The van der Waals surface area contributed by atoms with Gasteiger partial charge in [-0.15, -0.1) is 12.4 Å². The van der Waals surface area contributed by atoms with Crippen molar-refractivity contribution in [3.05, 3.63) is 33.6 Å². The number of thiazole rings is 1. The lowest BCUT2D eigenvalue weighted by Crippen LogP contribution is -3.00. The van der Waals surface area contributed by atoms with Crippen molar-refractivity contribution in [1.29, 1.82) is 0 Å². The predicted octanol–water partition coefficient (Wildman–Crippen LogP) is -1.97. The summed E-state index contributed by atoms with van der Waals surface area (Å²) in [7, 11) is 0. The molecule has 0 aliphatic heterocycles. The zero-order valence-electron chi connectivity index (χ0n) is 19.9. The fourth-order valence-corrected chi connectivity index (χ4v) is 2.04. The molecule has 0 saturated carbocycles. The molecule has 0 spiro atoms. The van der Waals surface area contributed by atoms with Crippen molar-refractivity contribution in [3.63, 3.8) is 0 Å². The van der Waals surface area contributed by atoms with E-state index in [0.29, 0.717) is 0 Å². The van der Waals surface area contributed by atoms with Gasteiger partial charge in [0.2, 0.25) is 5.51 Å². The minimum Gasteiger partial charge on any atom is -1.00 e. The normalized spacial score (nSPS) is 20.6. The first-order chi connectivity index (χ1) is 12.5. The van der Waals surface area contributed by atoms with Crippen LogP contribution in [0.1, 0.15) is 35.7 Å². The molecule has 0 fully saturated rings. The summed E-state index contributed by atoms with van der Waals surface area (Å²) in [6, 6.07) is 0. The van der Waals surface area contributed by atoms with Crippen LogP contribution in [-0.4, -0.2) is 21.6 Å². The monoisotopic (exact) mass is 346 g/mol. The molecule has 1 atom stereocenters. The Kier molecular flexibility index (Phi) is 3.30. The number of halogens is 2. The number of hydrogen-bond donors (Lipinski definition) is 2. The SMILES string of the molecule is Cl.[2H]c1nc(C([2H])([2H])[2H])nc(N)c1C([2H])[n+]1csc(CC([2H])([2H])O)c1C([2H])([2H])[2H].[Cl-]. The zero-order valence-corrected chi connectivity index (χ0v) is 12.3. The van der Waals surface area contributed by atoms with Crippen LogP contribution in [0.25, 0.3) is 0 Å². The van der Waals surface area contributed by atoms with E-state index in [1.807, 2.05) is 0 Å². The van der Waals surface area contributed by atoms with Gasteiger partial charge in [0.25, 0.3) is 0 Å². The van der Waals surface area contributed by atoms with Crippen LogP contribution in [0.3, 0.4) is 0 Å². The first-order valence-electron chi connectivity index (χ1n) is 9.91. The topological polar surface area (TPSA) is 75.9 Å². The number of aromatic nitrogens is 3. The maximum absolute atomic E-state index is 9.40. The van der Waals surface area contributed by atoms with Gasteiger partial charge in [-0.1, -0.05) is 11.3 Å². The molecule has 112 valence electrons. The molecule has 0 saturated heterocycles. The third kappa shape index (κ3) is 4.28. The quantitative estimate of drug-likeness (QED) is 0.630. The number of nitrogens with two attached hydrogens (primary N) is 1. The number of nitrogen functional groups attached to an aromatic ring is 1. The first-order valence-corrected chi connectivity index (χ1v) is 5.71. The van der Waals surface area contributed by atoms with E-state index in [2.05, 4.69) is 9.97 Å². The summed E-state index contributed by atoms with van der Waals surface area (Å²) in [6.45, 7) is -9.72. The molecular weight excluding hydrogens is 319 g/mol. The molecule has 0 bridgehead atoms. The van der Waals surface area contributed by atoms with Gasteiger partial charge in [0.1, 0.15) is 13.0 Å². The number of aliphatic hydroxyl groups is 1. The van der Waals surface area contributed by atoms with Gasteiger partial charge in [0.05, 0.1) is 14.6 Å². The van der Waals surface area contributed by atoms with Crippen LogP contribution in [-0.2, 0) is 12.9 Å². The summed E-state index contributed by atoms with van der Waals surface area (Å²) in [6.07, 6.45) is -1.24. The maximum atomic E-state index is 9.40. The van der Waals surface area contributed by atoms with E-state index >= 15 is 0 Å². The van der Waals surface area contributed by atoms with E-state index in [0.717, 1.165) is 15.9 Å². The van der Waals surface area contributed by atoms with Crippen molar-refractivity contribution in [1.82, 2.24) is 9.97 Å². The number of anilines is 1. The molecule has 2 aromatic heterocycles. The summed E-state index contributed by atoms with van der Waals surface area (Å²) < 4.78 is 76.8. The van der Waals surface area contributed by atoms with Crippen molar-refractivity contribution in [2.75, 3.05) is 12.3 Å². The highest BCUT2D eigenvalue weighted by Gasteiger charge is 2.16. The van der Waals surface area contributed by atoms with Gasteiger partial charge in [-0.25, -0.2) is 9.97 Å². The van der Waals surface area contributed by atoms with Crippen LogP contribution in [0.2, 0.25) is 0 Å². The van der Waals surface area contributed by atoms with Crippen LogP contribution in [0.4, 0.5) is 5.82 Å². The molecule has 20 heavy (non-hydrogen) atoms. The molecule has 2 aromatic rings. The first kappa shape index (κ1) is 7.89. The second-order valence-corrected chi connectivity index (χ2v) is 4.26. The average molecular weight is 347 g/mol. The smallest absolute Gasteiger partial charge is 0.225 e. The Bertz CT molecular complexity index is 860.